The van der Waals surface area contributed by atoms with Gasteiger partial charge in [0, 0.05) is 29.4 Å². The molecule has 10 nitrogen and oxygen atoms in total. The number of nitrogens with zero attached hydrogens (tertiary/aromatic N) is 7. The number of hydrogen-bond donors (Lipinski definition) is 2. The summed E-state index contributed by atoms with van der Waals surface area (Å²) in [6.07, 6.45) is 9.28. The van der Waals surface area contributed by atoms with E-state index in [1.54, 1.807) is 16.9 Å². The van der Waals surface area contributed by atoms with Crippen molar-refractivity contribution in [1.82, 2.24) is 39.4 Å². The SMILES string of the molecule is C[C@@H](c1ccc2nc(NC(=O)C3CC3)cn2n1)c1nnc2ccc(-c3cn[nH]c3)cn12. The summed E-state index contributed by atoms with van der Waals surface area (Å²) in [7, 11) is 0. The topological polar surface area (TPSA) is 118 Å². The lowest BCUT2D eigenvalue weighted by atomic mass is 10.1. The lowest BCUT2D eigenvalue weighted by molar-refractivity contribution is -0.117. The maximum atomic E-state index is 12.0. The molecule has 1 saturated carbocycles. The van der Waals surface area contributed by atoms with Crippen LogP contribution in [0, 0.1) is 5.92 Å². The molecule has 1 atom stereocenters. The molecule has 1 amide bonds. The standard InChI is InChI=1S/C21H19N9O/c1-12(20-27-26-19-6-4-14(10-29(19)20)15-8-22-23-9-15)16-5-7-18-24-17(11-30(18)28-16)25-21(31)13-2-3-13/h4-13H,2-3H2,1H3,(H,22,23)(H,25,31)/t12-/m0/s1. The van der Waals surface area contributed by atoms with Crippen molar-refractivity contribution in [3.05, 3.63) is 60.6 Å². The first kappa shape index (κ1) is 17.8. The monoisotopic (exact) mass is 413 g/mol. The first-order valence-corrected chi connectivity index (χ1v) is 10.2. The van der Waals surface area contributed by atoms with E-state index in [0.29, 0.717) is 11.5 Å². The first-order valence-electron chi connectivity index (χ1n) is 10.2. The lowest BCUT2D eigenvalue weighted by Crippen LogP contribution is -2.13. The number of imidazole rings is 1. The Morgan fingerprint density at radius 2 is 2.00 bits per heavy atom. The smallest absolute Gasteiger partial charge is 0.228 e. The van der Waals surface area contributed by atoms with E-state index in [9.17, 15) is 4.79 Å². The number of aromatic nitrogens is 8. The second-order valence-electron chi connectivity index (χ2n) is 7.86. The van der Waals surface area contributed by atoms with Crippen LogP contribution in [0.2, 0.25) is 0 Å². The Hall–Kier alpha value is -4.08. The molecule has 5 aromatic heterocycles. The van der Waals surface area contributed by atoms with Gasteiger partial charge < -0.3 is 5.32 Å². The number of aromatic amines is 1. The van der Waals surface area contributed by atoms with Gasteiger partial charge >= 0.3 is 0 Å². The highest BCUT2D eigenvalue weighted by molar-refractivity contribution is 5.93. The largest absolute Gasteiger partial charge is 0.309 e. The number of rotatable bonds is 5. The number of carbonyl (C=O) groups excluding carboxylic acids is 1. The average molecular weight is 413 g/mol. The van der Waals surface area contributed by atoms with Gasteiger partial charge in [-0.15, -0.1) is 10.2 Å². The molecule has 10 heteroatoms. The molecule has 0 spiro atoms. The van der Waals surface area contributed by atoms with Crippen LogP contribution in [0.5, 0.6) is 0 Å². The number of amides is 1. The summed E-state index contributed by atoms with van der Waals surface area (Å²) in [5.74, 6) is 1.36. The van der Waals surface area contributed by atoms with Crippen LogP contribution in [0.1, 0.15) is 37.2 Å². The van der Waals surface area contributed by atoms with Crippen LogP contribution < -0.4 is 5.32 Å². The zero-order chi connectivity index (χ0) is 20.9. The molecule has 5 aromatic rings. The number of anilines is 1. The molecule has 0 aromatic carbocycles. The number of hydrogen-bond acceptors (Lipinski definition) is 6. The second kappa shape index (κ2) is 6.73. The van der Waals surface area contributed by atoms with Gasteiger partial charge in [-0.2, -0.15) is 10.2 Å². The van der Waals surface area contributed by atoms with E-state index >= 15 is 0 Å². The van der Waals surface area contributed by atoms with E-state index in [1.807, 2.05) is 48.0 Å². The fraction of sp³-hybridized carbons (Fsp3) is 0.238. The van der Waals surface area contributed by atoms with Crippen molar-refractivity contribution in [3.8, 4) is 11.1 Å². The Labute approximate surface area is 176 Å². The molecular formula is C21H19N9O. The molecule has 6 rings (SSSR count). The molecule has 1 aliphatic carbocycles. The zero-order valence-electron chi connectivity index (χ0n) is 16.7. The molecule has 5 heterocycles. The lowest BCUT2D eigenvalue weighted by Gasteiger charge is -2.10. The summed E-state index contributed by atoms with van der Waals surface area (Å²) < 4.78 is 3.67. The fourth-order valence-electron chi connectivity index (χ4n) is 3.68. The Balaban J connectivity index is 1.34. The van der Waals surface area contributed by atoms with E-state index in [-0.39, 0.29) is 17.7 Å². The molecule has 0 bridgehead atoms. The maximum Gasteiger partial charge on any atom is 0.228 e. The van der Waals surface area contributed by atoms with Crippen LogP contribution in [-0.4, -0.2) is 45.3 Å². The Kier molecular flexibility index (Phi) is 3.85. The van der Waals surface area contributed by atoms with Crippen molar-refractivity contribution >= 4 is 23.0 Å². The van der Waals surface area contributed by atoms with E-state index in [4.69, 9.17) is 5.10 Å². The molecule has 31 heavy (non-hydrogen) atoms. The van der Waals surface area contributed by atoms with Crippen LogP contribution >= 0.6 is 0 Å². The summed E-state index contributed by atoms with van der Waals surface area (Å²) >= 11 is 0. The summed E-state index contributed by atoms with van der Waals surface area (Å²) in [5, 5.41) is 23.2. The van der Waals surface area contributed by atoms with Crippen LogP contribution in [0.3, 0.4) is 0 Å². The zero-order valence-corrected chi connectivity index (χ0v) is 16.7. The molecule has 0 aliphatic heterocycles. The van der Waals surface area contributed by atoms with Crippen LogP contribution in [0.25, 0.3) is 22.4 Å². The minimum Gasteiger partial charge on any atom is -0.309 e. The van der Waals surface area contributed by atoms with Gasteiger partial charge in [0.2, 0.25) is 5.91 Å². The molecular weight excluding hydrogens is 394 g/mol. The molecule has 0 radical (unpaired) electrons. The highest BCUT2D eigenvalue weighted by atomic mass is 16.2. The number of pyridine rings is 1. The highest BCUT2D eigenvalue weighted by Gasteiger charge is 2.30. The number of fused-ring (bicyclic) bond motifs is 2. The third-order valence-corrected chi connectivity index (χ3v) is 5.63. The van der Waals surface area contributed by atoms with Crippen LogP contribution in [0.15, 0.2) is 49.1 Å². The highest BCUT2D eigenvalue weighted by Crippen LogP contribution is 2.30. The minimum atomic E-state index is -0.106. The average Bonchev–Trinajstić information content (AvgIpc) is 3.17. The van der Waals surface area contributed by atoms with Crippen LogP contribution in [-0.2, 0) is 4.79 Å². The fourth-order valence-corrected chi connectivity index (χ4v) is 3.68. The molecule has 0 saturated heterocycles. The number of nitrogens with one attached hydrogen (secondary N) is 2. The summed E-state index contributed by atoms with van der Waals surface area (Å²) in [5.41, 5.74) is 4.28. The molecule has 154 valence electrons. The number of carbonyl (C=O) groups is 1. The number of H-pyrrole nitrogens is 1. The minimum absolute atomic E-state index is 0.0281. The van der Waals surface area contributed by atoms with Crippen molar-refractivity contribution in [1.29, 1.82) is 0 Å². The van der Waals surface area contributed by atoms with Crippen molar-refractivity contribution in [2.45, 2.75) is 25.7 Å². The molecule has 1 aliphatic rings. The van der Waals surface area contributed by atoms with Crippen molar-refractivity contribution in [3.63, 3.8) is 0 Å². The van der Waals surface area contributed by atoms with Crippen molar-refractivity contribution in [2.24, 2.45) is 5.92 Å². The van der Waals surface area contributed by atoms with Gasteiger partial charge in [0.15, 0.2) is 17.1 Å². The second-order valence-corrected chi connectivity index (χ2v) is 7.86. The van der Waals surface area contributed by atoms with Gasteiger partial charge in [-0.3, -0.25) is 14.3 Å². The predicted octanol–water partition coefficient (Wildman–Crippen LogP) is 2.66. The van der Waals surface area contributed by atoms with Crippen molar-refractivity contribution in [2.75, 3.05) is 5.32 Å². The molecule has 1 fully saturated rings. The summed E-state index contributed by atoms with van der Waals surface area (Å²) in [6.45, 7) is 2.04. The van der Waals surface area contributed by atoms with E-state index in [1.165, 1.54) is 0 Å². The Morgan fingerprint density at radius 3 is 2.81 bits per heavy atom. The summed E-state index contributed by atoms with van der Waals surface area (Å²) in [4.78, 5) is 16.5. The quantitative estimate of drug-likeness (QED) is 0.457. The Bertz CT molecular complexity index is 1410. The van der Waals surface area contributed by atoms with Gasteiger partial charge in [-0.05, 0) is 44.0 Å². The normalized spacial score (nSPS) is 14.9. The van der Waals surface area contributed by atoms with E-state index < -0.39 is 0 Å². The summed E-state index contributed by atoms with van der Waals surface area (Å²) in [6, 6.07) is 7.76. The van der Waals surface area contributed by atoms with Gasteiger partial charge in [0.1, 0.15) is 5.82 Å². The van der Waals surface area contributed by atoms with Gasteiger partial charge in [-0.1, -0.05) is 0 Å². The third-order valence-electron chi connectivity index (χ3n) is 5.63. The molecule has 2 N–H and O–H groups in total. The van der Waals surface area contributed by atoms with Gasteiger partial charge in [0.05, 0.1) is 24.0 Å². The van der Waals surface area contributed by atoms with Gasteiger partial charge in [0.25, 0.3) is 0 Å². The van der Waals surface area contributed by atoms with Gasteiger partial charge in [-0.25, -0.2) is 9.50 Å². The Morgan fingerprint density at radius 1 is 1.13 bits per heavy atom. The van der Waals surface area contributed by atoms with E-state index in [0.717, 1.165) is 41.1 Å². The first-order chi connectivity index (χ1) is 15.2. The van der Waals surface area contributed by atoms with Crippen molar-refractivity contribution < 1.29 is 4.79 Å². The van der Waals surface area contributed by atoms with Crippen LogP contribution in [0.4, 0.5) is 5.82 Å². The maximum absolute atomic E-state index is 12.0. The predicted molar refractivity (Wildman–Crippen MR) is 112 cm³/mol. The third kappa shape index (κ3) is 3.12. The molecule has 0 unspecified atom stereocenters. The van der Waals surface area contributed by atoms with E-state index in [2.05, 4.69) is 30.7 Å².